The molecule has 7 heteroatoms. The van der Waals surface area contributed by atoms with Crippen molar-refractivity contribution >= 4 is 21.6 Å². The molecule has 0 aromatic heterocycles. The first-order valence-corrected chi connectivity index (χ1v) is 11.5. The number of amides is 1. The predicted molar refractivity (Wildman–Crippen MR) is 119 cm³/mol. The molecule has 0 bridgehead atoms. The number of hydrogen-bond donors (Lipinski definition) is 1. The molecule has 0 aliphatic rings. The molecular formula is C22H31N3O3S. The predicted octanol–water partition coefficient (Wildman–Crippen LogP) is 2.95. The summed E-state index contributed by atoms with van der Waals surface area (Å²) >= 11 is 0. The summed E-state index contributed by atoms with van der Waals surface area (Å²) in [5.74, 6) is -0.121. The van der Waals surface area contributed by atoms with Gasteiger partial charge in [0.2, 0.25) is 10.0 Å². The number of hydrogen-bond acceptors (Lipinski definition) is 4. The highest BCUT2D eigenvalue weighted by atomic mass is 32.2. The van der Waals surface area contributed by atoms with Crippen molar-refractivity contribution in [1.29, 1.82) is 0 Å². The average molecular weight is 418 g/mol. The van der Waals surface area contributed by atoms with Gasteiger partial charge in [-0.05, 0) is 81.9 Å². The van der Waals surface area contributed by atoms with Gasteiger partial charge in [0.1, 0.15) is 0 Å². The third-order valence-corrected chi connectivity index (χ3v) is 5.93. The molecule has 158 valence electrons. The van der Waals surface area contributed by atoms with Gasteiger partial charge in [-0.2, -0.15) is 0 Å². The summed E-state index contributed by atoms with van der Waals surface area (Å²) in [4.78, 5) is 14.3. The van der Waals surface area contributed by atoms with Crippen LogP contribution >= 0.6 is 0 Å². The van der Waals surface area contributed by atoms with Crippen LogP contribution in [0.2, 0.25) is 0 Å². The number of nitrogens with zero attached hydrogens (tertiary/aromatic N) is 2. The van der Waals surface area contributed by atoms with Gasteiger partial charge in [-0.1, -0.05) is 18.2 Å². The van der Waals surface area contributed by atoms with Crippen molar-refractivity contribution in [3.63, 3.8) is 0 Å². The van der Waals surface area contributed by atoms with Crippen LogP contribution in [0.5, 0.6) is 0 Å². The Morgan fingerprint density at radius 2 is 1.66 bits per heavy atom. The zero-order chi connectivity index (χ0) is 21.6. The van der Waals surface area contributed by atoms with E-state index in [1.54, 1.807) is 24.3 Å². The van der Waals surface area contributed by atoms with E-state index in [1.165, 1.54) is 10.6 Å². The lowest BCUT2D eigenvalue weighted by molar-refractivity contribution is 0.0952. The molecule has 0 fully saturated rings. The molecule has 0 radical (unpaired) electrons. The van der Waals surface area contributed by atoms with E-state index in [4.69, 9.17) is 0 Å². The molecule has 2 aromatic carbocycles. The highest BCUT2D eigenvalue weighted by Gasteiger charge is 2.18. The lowest BCUT2D eigenvalue weighted by Crippen LogP contribution is -2.29. The summed E-state index contributed by atoms with van der Waals surface area (Å²) in [5.41, 5.74) is 4.17. The monoisotopic (exact) mass is 417 g/mol. The molecule has 0 saturated heterocycles. The smallest absolute Gasteiger partial charge is 0.251 e. The molecule has 29 heavy (non-hydrogen) atoms. The van der Waals surface area contributed by atoms with Gasteiger partial charge in [-0.25, -0.2) is 8.42 Å². The summed E-state index contributed by atoms with van der Waals surface area (Å²) < 4.78 is 26.1. The largest absolute Gasteiger partial charge is 0.352 e. The van der Waals surface area contributed by atoms with Crippen molar-refractivity contribution in [3.8, 4) is 0 Å². The minimum Gasteiger partial charge on any atom is -0.352 e. The van der Waals surface area contributed by atoms with Crippen molar-refractivity contribution in [2.45, 2.75) is 26.8 Å². The van der Waals surface area contributed by atoms with Gasteiger partial charge < -0.3 is 10.2 Å². The van der Waals surface area contributed by atoms with Gasteiger partial charge >= 0.3 is 0 Å². The van der Waals surface area contributed by atoms with Crippen LogP contribution in [0.4, 0.5) is 5.69 Å². The molecule has 1 amide bonds. The van der Waals surface area contributed by atoms with Crippen molar-refractivity contribution in [1.82, 2.24) is 10.2 Å². The first-order chi connectivity index (χ1) is 13.6. The van der Waals surface area contributed by atoms with Gasteiger partial charge in [0, 0.05) is 12.1 Å². The molecule has 2 rings (SSSR count). The zero-order valence-corrected chi connectivity index (χ0v) is 18.7. The summed E-state index contributed by atoms with van der Waals surface area (Å²) in [6.45, 7) is 5.71. The van der Waals surface area contributed by atoms with Gasteiger partial charge in [0.25, 0.3) is 5.91 Å². The van der Waals surface area contributed by atoms with E-state index < -0.39 is 10.0 Å². The fourth-order valence-corrected chi connectivity index (χ4v) is 3.79. The third kappa shape index (κ3) is 6.87. The van der Waals surface area contributed by atoms with Crippen molar-refractivity contribution in [3.05, 3.63) is 64.7 Å². The molecule has 0 aliphatic carbocycles. The number of aryl methyl sites for hydroxylation is 2. The van der Waals surface area contributed by atoms with E-state index in [9.17, 15) is 13.2 Å². The number of rotatable bonds is 9. The quantitative estimate of drug-likeness (QED) is 0.637. The molecule has 0 spiro atoms. The molecular weight excluding hydrogens is 386 g/mol. The maximum absolute atomic E-state index is 12.4. The van der Waals surface area contributed by atoms with Crippen LogP contribution in [-0.4, -0.2) is 52.7 Å². The van der Waals surface area contributed by atoms with E-state index in [0.717, 1.165) is 29.7 Å². The van der Waals surface area contributed by atoms with E-state index in [-0.39, 0.29) is 12.5 Å². The van der Waals surface area contributed by atoms with Crippen LogP contribution in [0, 0.1) is 13.8 Å². The van der Waals surface area contributed by atoms with Crippen molar-refractivity contribution in [2.75, 3.05) is 37.7 Å². The highest BCUT2D eigenvalue weighted by molar-refractivity contribution is 7.92. The Hall–Kier alpha value is -2.38. The summed E-state index contributed by atoms with van der Waals surface area (Å²) in [5, 5.41) is 2.90. The Balaban J connectivity index is 2.09. The summed E-state index contributed by atoms with van der Waals surface area (Å²) in [7, 11) is 0.552. The van der Waals surface area contributed by atoms with Crippen molar-refractivity contribution in [2.24, 2.45) is 0 Å². The standard InChI is InChI=1S/C22H31N3O3S/c1-17-7-12-21(15-18(17)2)25(29(5,27)28)16-19-8-10-20(11-9-19)22(26)23-13-6-14-24(3)4/h7-12,15H,6,13-14,16H2,1-5H3,(H,23,26). The van der Waals surface area contributed by atoms with Gasteiger partial charge in [0.05, 0.1) is 18.5 Å². The summed E-state index contributed by atoms with van der Waals surface area (Å²) in [6, 6.07) is 12.7. The van der Waals surface area contributed by atoms with Crippen LogP contribution in [0.3, 0.4) is 0 Å². The number of carbonyl (C=O) groups excluding carboxylic acids is 1. The Morgan fingerprint density at radius 3 is 2.21 bits per heavy atom. The zero-order valence-electron chi connectivity index (χ0n) is 17.9. The first-order valence-electron chi connectivity index (χ1n) is 9.65. The molecule has 1 N–H and O–H groups in total. The van der Waals surface area contributed by atoms with E-state index in [1.807, 2.05) is 46.1 Å². The normalized spacial score (nSPS) is 11.5. The molecule has 0 unspecified atom stereocenters. The van der Waals surface area contributed by atoms with Crippen LogP contribution in [0.25, 0.3) is 0 Å². The van der Waals surface area contributed by atoms with Gasteiger partial charge in [-0.3, -0.25) is 9.10 Å². The van der Waals surface area contributed by atoms with Gasteiger partial charge in [0.15, 0.2) is 0 Å². The molecule has 0 saturated carbocycles. The van der Waals surface area contributed by atoms with Crippen LogP contribution in [0.1, 0.15) is 33.5 Å². The topological polar surface area (TPSA) is 69.7 Å². The van der Waals surface area contributed by atoms with Crippen molar-refractivity contribution < 1.29 is 13.2 Å². The second kappa shape index (κ2) is 9.89. The number of benzene rings is 2. The van der Waals surface area contributed by atoms with E-state index in [0.29, 0.717) is 17.8 Å². The Labute approximate surface area is 174 Å². The SMILES string of the molecule is Cc1ccc(N(Cc2ccc(C(=O)NCCCN(C)C)cc2)S(C)(=O)=O)cc1C. The number of nitrogens with one attached hydrogen (secondary N) is 1. The number of carbonyl (C=O) groups is 1. The maximum atomic E-state index is 12.4. The minimum atomic E-state index is -3.44. The molecule has 0 aliphatic heterocycles. The van der Waals surface area contributed by atoms with Crippen LogP contribution in [0.15, 0.2) is 42.5 Å². The van der Waals surface area contributed by atoms with Gasteiger partial charge in [-0.15, -0.1) is 0 Å². The lowest BCUT2D eigenvalue weighted by Gasteiger charge is -2.23. The Kier molecular flexibility index (Phi) is 7.81. The maximum Gasteiger partial charge on any atom is 0.251 e. The number of sulfonamides is 1. The minimum absolute atomic E-state index is 0.121. The fraction of sp³-hybridized carbons (Fsp3) is 0.409. The molecule has 6 nitrogen and oxygen atoms in total. The fourth-order valence-electron chi connectivity index (χ4n) is 2.91. The number of anilines is 1. The van der Waals surface area contributed by atoms with E-state index in [2.05, 4.69) is 10.2 Å². The lowest BCUT2D eigenvalue weighted by atomic mass is 10.1. The average Bonchev–Trinajstić information content (AvgIpc) is 2.65. The highest BCUT2D eigenvalue weighted by Crippen LogP contribution is 2.23. The van der Waals surface area contributed by atoms with Crippen LogP contribution in [-0.2, 0) is 16.6 Å². The van der Waals surface area contributed by atoms with Crippen LogP contribution < -0.4 is 9.62 Å². The molecule has 2 aromatic rings. The second-order valence-corrected chi connectivity index (χ2v) is 9.55. The second-order valence-electron chi connectivity index (χ2n) is 7.65. The molecule has 0 atom stereocenters. The van der Waals surface area contributed by atoms with E-state index >= 15 is 0 Å². The third-order valence-electron chi connectivity index (χ3n) is 4.79. The Morgan fingerprint density at radius 1 is 1.00 bits per heavy atom. The molecule has 0 heterocycles. The Bertz CT molecular complexity index is 938. The first kappa shape index (κ1) is 22.9. The summed E-state index contributed by atoms with van der Waals surface area (Å²) in [6.07, 6.45) is 2.09.